The molecule has 1 aromatic heterocycles. The molecule has 0 aliphatic carbocycles. The van der Waals surface area contributed by atoms with E-state index in [1.165, 1.54) is 6.26 Å². The van der Waals surface area contributed by atoms with Gasteiger partial charge in [-0.1, -0.05) is 86.8 Å². The Kier molecular flexibility index (Phi) is 8.18. The van der Waals surface area contributed by atoms with E-state index in [-0.39, 0.29) is 24.1 Å². The van der Waals surface area contributed by atoms with Crippen molar-refractivity contribution in [1.82, 2.24) is 10.3 Å². The van der Waals surface area contributed by atoms with Gasteiger partial charge in [0.2, 0.25) is 0 Å². The standard InChI is InChI=1S/C28H30N2O3S/c1-5-22-25(7-3)29-27(21-16-12-9-13-17-21)23(18-19-34(4,32)33)26(22)28(31)30-24(6-2)20-14-10-8-11-15-20/h5,7-17,24H,1,3,6,18-19H2,2,4H3,(H,30,31)/t24-/m0/s1. The average molecular weight is 475 g/mol. The fraction of sp³-hybridized carbons (Fsp3) is 0.214. The van der Waals surface area contributed by atoms with Crippen LogP contribution < -0.4 is 5.32 Å². The first-order valence-corrected chi connectivity index (χ1v) is 13.3. The van der Waals surface area contributed by atoms with Gasteiger partial charge in [0, 0.05) is 17.4 Å². The number of hydrogen-bond donors (Lipinski definition) is 1. The van der Waals surface area contributed by atoms with E-state index < -0.39 is 9.84 Å². The maximum Gasteiger partial charge on any atom is 0.252 e. The van der Waals surface area contributed by atoms with Crippen LogP contribution in [-0.2, 0) is 16.3 Å². The summed E-state index contributed by atoms with van der Waals surface area (Å²) in [5, 5.41) is 3.14. The van der Waals surface area contributed by atoms with E-state index in [4.69, 9.17) is 4.98 Å². The number of carbonyl (C=O) groups is 1. The quantitative estimate of drug-likeness (QED) is 0.421. The summed E-state index contributed by atoms with van der Waals surface area (Å²) in [4.78, 5) is 18.6. The van der Waals surface area contributed by atoms with Gasteiger partial charge in [-0.2, -0.15) is 0 Å². The van der Waals surface area contributed by atoms with Crippen molar-refractivity contribution in [3.63, 3.8) is 0 Å². The van der Waals surface area contributed by atoms with Crippen LogP contribution in [0, 0.1) is 0 Å². The zero-order valence-corrected chi connectivity index (χ0v) is 20.4. The number of hydrogen-bond acceptors (Lipinski definition) is 4. The molecule has 1 amide bonds. The average Bonchev–Trinajstić information content (AvgIpc) is 2.85. The van der Waals surface area contributed by atoms with Crippen molar-refractivity contribution in [3.05, 3.63) is 102 Å². The number of carbonyl (C=O) groups excluding carboxylic acids is 1. The van der Waals surface area contributed by atoms with Crippen LogP contribution >= 0.6 is 0 Å². The second-order valence-corrected chi connectivity index (χ2v) is 10.4. The molecule has 3 aromatic rings. The highest BCUT2D eigenvalue weighted by Gasteiger charge is 2.25. The number of rotatable bonds is 10. The van der Waals surface area contributed by atoms with Gasteiger partial charge in [-0.15, -0.1) is 0 Å². The fourth-order valence-corrected chi connectivity index (χ4v) is 4.56. The second-order valence-electron chi connectivity index (χ2n) is 8.11. The van der Waals surface area contributed by atoms with Crippen LogP contribution in [0.15, 0.2) is 73.8 Å². The molecule has 5 nitrogen and oxygen atoms in total. The zero-order chi connectivity index (χ0) is 24.7. The topological polar surface area (TPSA) is 76.1 Å². The van der Waals surface area contributed by atoms with E-state index in [9.17, 15) is 13.2 Å². The summed E-state index contributed by atoms with van der Waals surface area (Å²) >= 11 is 0. The van der Waals surface area contributed by atoms with Crippen molar-refractivity contribution in [3.8, 4) is 11.3 Å². The number of benzene rings is 2. The summed E-state index contributed by atoms with van der Waals surface area (Å²) in [5.74, 6) is -0.397. The van der Waals surface area contributed by atoms with Crippen molar-refractivity contribution in [2.45, 2.75) is 25.8 Å². The molecule has 0 fully saturated rings. The molecule has 2 aromatic carbocycles. The number of nitrogens with one attached hydrogen (secondary N) is 1. The Morgan fingerprint density at radius 3 is 2.18 bits per heavy atom. The molecule has 0 aliphatic rings. The van der Waals surface area contributed by atoms with Crippen LogP contribution in [0.4, 0.5) is 0 Å². The summed E-state index contributed by atoms with van der Waals surface area (Å²) in [5.41, 5.74) is 4.40. The molecular weight excluding hydrogens is 444 g/mol. The maximum absolute atomic E-state index is 13.8. The molecule has 3 rings (SSSR count). The largest absolute Gasteiger partial charge is 0.345 e. The molecular formula is C28H30N2O3S. The van der Waals surface area contributed by atoms with Crippen LogP contribution in [-0.4, -0.2) is 31.3 Å². The molecule has 0 radical (unpaired) electrons. The summed E-state index contributed by atoms with van der Waals surface area (Å²) in [7, 11) is -3.28. The van der Waals surface area contributed by atoms with Crippen LogP contribution in [0.25, 0.3) is 23.4 Å². The van der Waals surface area contributed by atoms with Gasteiger partial charge < -0.3 is 5.32 Å². The Labute approximate surface area is 202 Å². The van der Waals surface area contributed by atoms with Crippen LogP contribution in [0.5, 0.6) is 0 Å². The van der Waals surface area contributed by atoms with Gasteiger partial charge in [-0.25, -0.2) is 13.4 Å². The normalized spacial score (nSPS) is 12.1. The Morgan fingerprint density at radius 2 is 1.65 bits per heavy atom. The van der Waals surface area contributed by atoms with E-state index in [2.05, 4.69) is 18.5 Å². The first-order valence-electron chi connectivity index (χ1n) is 11.2. The first-order chi connectivity index (χ1) is 16.3. The lowest BCUT2D eigenvalue weighted by Gasteiger charge is -2.22. The molecule has 0 bridgehead atoms. The zero-order valence-electron chi connectivity index (χ0n) is 19.6. The van der Waals surface area contributed by atoms with Crippen molar-refractivity contribution in [2.24, 2.45) is 0 Å². The Morgan fingerprint density at radius 1 is 1.03 bits per heavy atom. The first kappa shape index (κ1) is 25.1. The number of pyridine rings is 1. The van der Waals surface area contributed by atoms with Crippen molar-refractivity contribution < 1.29 is 13.2 Å². The predicted molar refractivity (Wildman–Crippen MR) is 140 cm³/mol. The molecule has 1 heterocycles. The minimum absolute atomic E-state index is 0.102. The summed E-state index contributed by atoms with van der Waals surface area (Å²) in [6.07, 6.45) is 5.22. The van der Waals surface area contributed by atoms with Crippen molar-refractivity contribution in [1.29, 1.82) is 0 Å². The van der Waals surface area contributed by atoms with Gasteiger partial charge in [-0.3, -0.25) is 4.79 Å². The minimum atomic E-state index is -3.28. The Hall–Kier alpha value is -3.51. The van der Waals surface area contributed by atoms with Crippen LogP contribution in [0.3, 0.4) is 0 Å². The highest BCUT2D eigenvalue weighted by molar-refractivity contribution is 7.90. The number of sulfone groups is 1. The lowest BCUT2D eigenvalue weighted by Crippen LogP contribution is -2.30. The third-order valence-corrected chi connectivity index (χ3v) is 6.62. The van der Waals surface area contributed by atoms with Crippen LogP contribution in [0.2, 0.25) is 0 Å². The monoisotopic (exact) mass is 474 g/mol. The highest BCUT2D eigenvalue weighted by atomic mass is 32.2. The minimum Gasteiger partial charge on any atom is -0.345 e. The van der Waals surface area contributed by atoms with Crippen molar-refractivity contribution in [2.75, 3.05) is 12.0 Å². The number of aromatic nitrogens is 1. The maximum atomic E-state index is 13.8. The van der Waals surface area contributed by atoms with Gasteiger partial charge in [-0.05, 0) is 30.0 Å². The van der Waals surface area contributed by atoms with E-state index >= 15 is 0 Å². The van der Waals surface area contributed by atoms with Crippen LogP contribution in [0.1, 0.15) is 52.1 Å². The van der Waals surface area contributed by atoms with Gasteiger partial charge in [0.05, 0.1) is 28.7 Å². The third-order valence-electron chi connectivity index (χ3n) is 5.68. The van der Waals surface area contributed by atoms with E-state index in [1.54, 1.807) is 12.2 Å². The molecule has 1 N–H and O–H groups in total. The van der Waals surface area contributed by atoms with E-state index in [0.29, 0.717) is 34.5 Å². The smallest absolute Gasteiger partial charge is 0.252 e. The van der Waals surface area contributed by atoms with Gasteiger partial charge in [0.15, 0.2) is 0 Å². The van der Waals surface area contributed by atoms with Gasteiger partial charge >= 0.3 is 0 Å². The lowest BCUT2D eigenvalue weighted by atomic mass is 9.92. The number of amides is 1. The third kappa shape index (κ3) is 5.88. The molecule has 0 spiro atoms. The van der Waals surface area contributed by atoms with E-state index in [1.807, 2.05) is 67.6 Å². The number of nitrogens with zero attached hydrogens (tertiary/aromatic N) is 1. The van der Waals surface area contributed by atoms with Crippen molar-refractivity contribution >= 4 is 27.9 Å². The molecule has 0 saturated carbocycles. The molecule has 0 unspecified atom stereocenters. The summed E-state index contributed by atoms with van der Waals surface area (Å²) in [6, 6.07) is 19.0. The SMILES string of the molecule is C=Cc1nc(-c2ccccc2)c(CCS(C)(=O)=O)c(C(=O)N[C@@H](CC)c2ccccc2)c1C=C. The highest BCUT2D eigenvalue weighted by Crippen LogP contribution is 2.31. The molecule has 0 saturated heterocycles. The summed E-state index contributed by atoms with van der Waals surface area (Å²) < 4.78 is 24.1. The fourth-order valence-electron chi connectivity index (χ4n) is 3.98. The van der Waals surface area contributed by atoms with Gasteiger partial charge in [0.1, 0.15) is 9.84 Å². The molecule has 1 atom stereocenters. The lowest BCUT2D eigenvalue weighted by molar-refractivity contribution is 0.0934. The predicted octanol–water partition coefficient (Wildman–Crippen LogP) is 5.50. The second kappa shape index (κ2) is 11.1. The molecule has 34 heavy (non-hydrogen) atoms. The molecule has 176 valence electrons. The molecule has 6 heteroatoms. The molecule has 0 aliphatic heterocycles. The van der Waals surface area contributed by atoms with E-state index in [0.717, 1.165) is 11.1 Å². The Balaban J connectivity index is 2.22. The summed E-state index contributed by atoms with van der Waals surface area (Å²) in [6.45, 7) is 9.79. The van der Waals surface area contributed by atoms with Gasteiger partial charge in [0.25, 0.3) is 5.91 Å². The Bertz CT molecular complexity index is 1280.